The van der Waals surface area contributed by atoms with Gasteiger partial charge >= 0.3 is 5.97 Å². The molecule has 0 aliphatic heterocycles. The molecule has 0 aliphatic rings. The monoisotopic (exact) mass is 143 g/mol. The third kappa shape index (κ3) is 1.35. The molecule has 10 heavy (non-hydrogen) atoms. The van der Waals surface area contributed by atoms with Gasteiger partial charge in [0.2, 0.25) is 0 Å². The van der Waals surface area contributed by atoms with Crippen molar-refractivity contribution in [3.05, 3.63) is 35.3 Å². The molecule has 0 spiro atoms. The molecule has 2 nitrogen and oxygen atoms in total. The lowest BCUT2D eigenvalue weighted by molar-refractivity contribution is 0.0697. The van der Waals surface area contributed by atoms with Crippen molar-refractivity contribution < 1.29 is 19.5 Å². The molecule has 0 unspecified atom stereocenters. The lowest BCUT2D eigenvalue weighted by Gasteiger charge is -1.92. The minimum absolute atomic E-state index is 0.766. The average Bonchev–Trinajstić information content (AvgIpc) is 2.12. The van der Waals surface area contributed by atoms with Crippen molar-refractivity contribution in [2.24, 2.45) is 0 Å². The van der Waals surface area contributed by atoms with Crippen molar-refractivity contribution in [2.75, 3.05) is 0 Å². The summed E-state index contributed by atoms with van der Waals surface area (Å²) in [5.74, 6) is -1.63. The van der Waals surface area contributed by atoms with Crippen LogP contribution in [0.5, 0.6) is 0 Å². The zero-order valence-corrected chi connectivity index (χ0v) is 4.86. The van der Waals surface area contributed by atoms with E-state index >= 15 is 0 Å². The standard InChI is InChI=1S/C8H8O2/c1-6-2-4-7(5-3-6)8(9)10/h2-5H,1H3,(H,9,10)/i1D3,2D,3D,4D,5D. The van der Waals surface area contributed by atoms with E-state index in [1.807, 2.05) is 0 Å². The summed E-state index contributed by atoms with van der Waals surface area (Å²) >= 11 is 0. The average molecular weight is 143 g/mol. The van der Waals surface area contributed by atoms with Gasteiger partial charge in [0, 0.05) is 4.11 Å². The molecule has 1 aromatic rings. The number of aromatic carboxylic acids is 1. The van der Waals surface area contributed by atoms with E-state index in [0.717, 1.165) is 0 Å². The van der Waals surface area contributed by atoms with E-state index in [2.05, 4.69) is 0 Å². The highest BCUT2D eigenvalue weighted by molar-refractivity contribution is 5.87. The van der Waals surface area contributed by atoms with Crippen LogP contribution in [0.1, 0.15) is 25.5 Å². The molecular weight excluding hydrogens is 128 g/mol. The molecule has 0 heterocycles. The molecule has 0 amide bonds. The van der Waals surface area contributed by atoms with E-state index < -0.39 is 48.1 Å². The van der Waals surface area contributed by atoms with E-state index in [0.29, 0.717) is 0 Å². The Balaban J connectivity index is 3.77. The van der Waals surface area contributed by atoms with Crippen LogP contribution >= 0.6 is 0 Å². The Hall–Kier alpha value is -1.31. The molecule has 52 valence electrons. The van der Waals surface area contributed by atoms with Crippen molar-refractivity contribution in [3.63, 3.8) is 0 Å². The van der Waals surface area contributed by atoms with E-state index in [1.165, 1.54) is 0 Å². The number of benzene rings is 1. The van der Waals surface area contributed by atoms with E-state index in [-0.39, 0.29) is 0 Å². The normalized spacial score (nSPS) is 20.6. The third-order valence-corrected chi connectivity index (χ3v) is 0.839. The summed E-state index contributed by atoms with van der Waals surface area (Å²) in [6, 6.07) is -3.40. The van der Waals surface area contributed by atoms with Gasteiger partial charge in [0.05, 0.1) is 11.0 Å². The number of carbonyl (C=O) groups is 1. The molecule has 0 fully saturated rings. The molecule has 0 aliphatic carbocycles. The summed E-state index contributed by atoms with van der Waals surface area (Å²) in [6.07, 6.45) is 0. The zero-order valence-electron chi connectivity index (χ0n) is 11.9. The van der Waals surface area contributed by atoms with Gasteiger partial charge in [0.15, 0.2) is 0 Å². The molecule has 0 bridgehead atoms. The molecule has 1 rings (SSSR count). The smallest absolute Gasteiger partial charge is 0.335 e. The second kappa shape index (κ2) is 2.52. The van der Waals surface area contributed by atoms with Gasteiger partial charge in [0.1, 0.15) is 0 Å². The van der Waals surface area contributed by atoms with Gasteiger partial charge in [0.25, 0.3) is 0 Å². The first kappa shape index (κ1) is 2.09. The second-order valence-electron chi connectivity index (χ2n) is 1.56. The molecule has 0 saturated heterocycles. The quantitative estimate of drug-likeness (QED) is 0.649. The zero-order chi connectivity index (χ0) is 13.5. The van der Waals surface area contributed by atoms with Crippen molar-refractivity contribution in [1.82, 2.24) is 0 Å². The van der Waals surface area contributed by atoms with Crippen LogP contribution in [0, 0.1) is 6.85 Å². The Morgan fingerprint density at radius 1 is 1.60 bits per heavy atom. The highest BCUT2D eigenvalue weighted by Gasteiger charge is 1.98. The van der Waals surface area contributed by atoms with Crippen LogP contribution in [0.15, 0.2) is 24.2 Å². The van der Waals surface area contributed by atoms with E-state index in [4.69, 9.17) is 14.7 Å². The Labute approximate surface area is 69.0 Å². The van der Waals surface area contributed by atoms with Crippen LogP contribution in [0.2, 0.25) is 0 Å². The fraction of sp³-hybridized carbons (Fsp3) is 0.125. The van der Waals surface area contributed by atoms with Crippen molar-refractivity contribution in [2.45, 2.75) is 6.85 Å². The van der Waals surface area contributed by atoms with Crippen LogP contribution in [0.3, 0.4) is 0 Å². The van der Waals surface area contributed by atoms with Crippen LogP contribution in [-0.4, -0.2) is 11.1 Å². The van der Waals surface area contributed by atoms with Gasteiger partial charge in [-0.15, -0.1) is 0 Å². The van der Waals surface area contributed by atoms with Gasteiger partial charge in [-0.1, -0.05) is 17.6 Å². The maximum Gasteiger partial charge on any atom is 0.335 e. The minimum Gasteiger partial charge on any atom is -0.478 e. The predicted molar refractivity (Wildman–Crippen MR) is 38.1 cm³/mol. The molecule has 1 aromatic carbocycles. The maximum atomic E-state index is 10.8. The largest absolute Gasteiger partial charge is 0.478 e. The maximum absolute atomic E-state index is 10.8. The van der Waals surface area contributed by atoms with Crippen molar-refractivity contribution in [1.29, 1.82) is 0 Å². The molecule has 0 radical (unpaired) electrons. The number of carboxylic acid groups (broad SMARTS) is 1. The Bertz CT molecular complexity index is 463. The molecule has 0 saturated carbocycles. The van der Waals surface area contributed by atoms with Crippen molar-refractivity contribution in [3.8, 4) is 0 Å². The molecule has 0 atom stereocenters. The second-order valence-corrected chi connectivity index (χ2v) is 1.56. The molecule has 1 N–H and O–H groups in total. The van der Waals surface area contributed by atoms with Gasteiger partial charge < -0.3 is 5.11 Å². The van der Waals surface area contributed by atoms with Gasteiger partial charge in [-0.3, -0.25) is 0 Å². The summed E-state index contributed by atoms with van der Waals surface area (Å²) in [5, 5.41) is 8.74. The van der Waals surface area contributed by atoms with Crippen LogP contribution in [0.4, 0.5) is 0 Å². The van der Waals surface area contributed by atoms with Crippen LogP contribution in [-0.2, 0) is 0 Å². The summed E-state index contributed by atoms with van der Waals surface area (Å²) in [5.41, 5.74) is -1.59. The Morgan fingerprint density at radius 3 is 2.60 bits per heavy atom. The van der Waals surface area contributed by atoms with Crippen LogP contribution in [0.25, 0.3) is 0 Å². The lowest BCUT2D eigenvalue weighted by atomic mass is 10.2. The predicted octanol–water partition coefficient (Wildman–Crippen LogP) is 1.69. The van der Waals surface area contributed by atoms with Gasteiger partial charge in [-0.25, -0.2) is 4.79 Å². The summed E-state index contributed by atoms with van der Waals surface area (Å²) in [7, 11) is 0. The van der Waals surface area contributed by atoms with Gasteiger partial charge in [-0.2, -0.15) is 0 Å². The molecule has 2 heteroatoms. The third-order valence-electron chi connectivity index (χ3n) is 0.839. The highest BCUT2D eigenvalue weighted by atomic mass is 16.4. The summed E-state index contributed by atoms with van der Waals surface area (Å²) < 4.78 is 50.9. The van der Waals surface area contributed by atoms with Gasteiger partial charge in [-0.05, 0) is 18.9 Å². The van der Waals surface area contributed by atoms with E-state index in [9.17, 15) is 4.79 Å². The van der Waals surface area contributed by atoms with Crippen molar-refractivity contribution >= 4 is 5.97 Å². The topological polar surface area (TPSA) is 37.3 Å². The first-order chi connectivity index (χ1) is 7.59. The number of rotatable bonds is 1. The van der Waals surface area contributed by atoms with Crippen LogP contribution < -0.4 is 0 Å². The fourth-order valence-electron chi connectivity index (χ4n) is 0.419. The number of hydrogen-bond acceptors (Lipinski definition) is 1. The van der Waals surface area contributed by atoms with E-state index in [1.54, 1.807) is 0 Å². The number of hydrogen-bond donors (Lipinski definition) is 1. The first-order valence-electron chi connectivity index (χ1n) is 5.93. The Kier molecular flexibility index (Phi) is 0.526. The first-order valence-corrected chi connectivity index (χ1v) is 2.43. The summed E-state index contributed by atoms with van der Waals surface area (Å²) in [6.45, 7) is -2.82. The summed E-state index contributed by atoms with van der Waals surface area (Å²) in [4.78, 5) is 10.8. The Morgan fingerprint density at radius 2 is 2.20 bits per heavy atom. The minimum atomic E-state index is -2.82. The molecule has 0 aromatic heterocycles. The SMILES string of the molecule is [2H]c1c([2H])c(C([2H])([2H])[2H])c([2H])c([2H])c1C(=O)O. The molecular formula is C8H8O2. The fourth-order valence-corrected chi connectivity index (χ4v) is 0.419. The lowest BCUT2D eigenvalue weighted by Crippen LogP contribution is -1.94. The number of carboxylic acids is 1. The highest BCUT2D eigenvalue weighted by Crippen LogP contribution is 2.01.